The van der Waals surface area contributed by atoms with Crippen LogP contribution >= 0.6 is 0 Å². The Hall–Kier alpha value is -3.73. The van der Waals surface area contributed by atoms with E-state index < -0.39 is 0 Å². The summed E-state index contributed by atoms with van der Waals surface area (Å²) >= 11 is 0. The van der Waals surface area contributed by atoms with Crippen molar-refractivity contribution in [3.05, 3.63) is 100 Å². The number of ether oxygens (including phenoxy) is 1. The summed E-state index contributed by atoms with van der Waals surface area (Å²) in [5.74, 6) is 0.273. The molecule has 0 amide bonds. The van der Waals surface area contributed by atoms with Gasteiger partial charge in [0.2, 0.25) is 0 Å². The van der Waals surface area contributed by atoms with E-state index in [9.17, 15) is 19.1 Å². The van der Waals surface area contributed by atoms with E-state index in [0.29, 0.717) is 28.0 Å². The highest BCUT2D eigenvalue weighted by atomic mass is 19.1. The zero-order valence-corrected chi connectivity index (χ0v) is 22.0. The fourth-order valence-electron chi connectivity index (χ4n) is 4.36. The average Bonchev–Trinajstić information content (AvgIpc) is 2.86. The number of ketones is 2. The Morgan fingerprint density at radius 2 is 1.73 bits per heavy atom. The van der Waals surface area contributed by atoms with Gasteiger partial charge in [0, 0.05) is 11.1 Å². The van der Waals surface area contributed by atoms with Gasteiger partial charge in [0.05, 0.1) is 0 Å². The lowest BCUT2D eigenvalue weighted by molar-refractivity contribution is -0.118. The van der Waals surface area contributed by atoms with Gasteiger partial charge in [-0.25, -0.2) is 4.39 Å². The van der Waals surface area contributed by atoms with Gasteiger partial charge in [-0.1, -0.05) is 38.5 Å². The lowest BCUT2D eigenvalue weighted by Gasteiger charge is -2.16. The highest BCUT2D eigenvalue weighted by Crippen LogP contribution is 2.28. The monoisotopic (exact) mass is 502 g/mol. The minimum Gasteiger partial charge on any atom is -0.508 e. The van der Waals surface area contributed by atoms with Crippen LogP contribution in [0.1, 0.15) is 66.2 Å². The summed E-state index contributed by atoms with van der Waals surface area (Å²) in [6.07, 6.45) is 5.51. The van der Waals surface area contributed by atoms with E-state index in [2.05, 4.69) is 19.9 Å². The van der Waals surface area contributed by atoms with E-state index in [4.69, 9.17) is 4.74 Å². The minimum atomic E-state index is -0.346. The van der Waals surface area contributed by atoms with Crippen molar-refractivity contribution >= 4 is 17.1 Å². The van der Waals surface area contributed by atoms with E-state index >= 15 is 0 Å². The zero-order chi connectivity index (χ0) is 26.9. The second-order valence-corrected chi connectivity index (χ2v) is 9.60. The molecule has 0 aliphatic heterocycles. The van der Waals surface area contributed by atoms with Crippen LogP contribution in [0.25, 0.3) is 5.57 Å². The molecule has 37 heavy (non-hydrogen) atoms. The topological polar surface area (TPSA) is 63.6 Å². The second kappa shape index (κ2) is 13.0. The lowest BCUT2D eigenvalue weighted by atomic mass is 9.89. The molecule has 1 atom stereocenters. The number of carbonyl (C=O) groups is 2. The lowest BCUT2D eigenvalue weighted by Crippen LogP contribution is -2.08. The van der Waals surface area contributed by atoms with Crippen molar-refractivity contribution in [1.29, 1.82) is 0 Å². The summed E-state index contributed by atoms with van der Waals surface area (Å²) in [6.45, 7) is 7.55. The number of Topliss-reactive ketones (excluding diaryl/α,β-unsaturated/α-hetero) is 2. The number of carbonyl (C=O) groups excluding carboxylic acids is 2. The van der Waals surface area contributed by atoms with Gasteiger partial charge in [0.25, 0.3) is 0 Å². The molecule has 3 aromatic rings. The first-order valence-electron chi connectivity index (χ1n) is 12.7. The smallest absolute Gasteiger partial charge is 0.193 e. The van der Waals surface area contributed by atoms with Crippen LogP contribution in [0.15, 0.2) is 66.7 Å². The van der Waals surface area contributed by atoms with Gasteiger partial charge in [-0.05, 0) is 110 Å². The molecule has 194 valence electrons. The summed E-state index contributed by atoms with van der Waals surface area (Å²) in [5, 5.41) is 9.64. The molecule has 0 aromatic heterocycles. The first kappa shape index (κ1) is 27.9. The number of rotatable bonds is 12. The third kappa shape index (κ3) is 7.88. The van der Waals surface area contributed by atoms with Crippen molar-refractivity contribution in [2.75, 3.05) is 6.61 Å². The molecule has 0 saturated carbocycles. The number of benzene rings is 3. The third-order valence-corrected chi connectivity index (χ3v) is 6.31. The maximum atomic E-state index is 13.8. The van der Waals surface area contributed by atoms with E-state index in [-0.39, 0.29) is 35.7 Å². The summed E-state index contributed by atoms with van der Waals surface area (Å²) < 4.78 is 19.4. The number of aromatic hydroxyl groups is 1. The summed E-state index contributed by atoms with van der Waals surface area (Å²) in [5.41, 5.74) is 4.78. The second-order valence-electron chi connectivity index (χ2n) is 9.60. The normalized spacial score (nSPS) is 12.3. The van der Waals surface area contributed by atoms with Crippen molar-refractivity contribution < 1.29 is 23.8 Å². The first-order valence-corrected chi connectivity index (χ1v) is 12.7. The molecule has 3 rings (SSSR count). The molecule has 0 aliphatic rings. The maximum Gasteiger partial charge on any atom is 0.193 e. The number of hydrogen-bond donors (Lipinski definition) is 1. The molecule has 0 spiro atoms. The number of phenols is 1. The van der Waals surface area contributed by atoms with Crippen molar-refractivity contribution in [3.63, 3.8) is 0 Å². The fourth-order valence-corrected chi connectivity index (χ4v) is 4.36. The van der Waals surface area contributed by atoms with Crippen LogP contribution in [0.2, 0.25) is 0 Å². The van der Waals surface area contributed by atoms with Gasteiger partial charge in [-0.2, -0.15) is 0 Å². The molecule has 0 saturated heterocycles. The van der Waals surface area contributed by atoms with Crippen LogP contribution in [0.4, 0.5) is 4.39 Å². The summed E-state index contributed by atoms with van der Waals surface area (Å²) in [6, 6.07) is 16.6. The molecule has 0 fully saturated rings. The number of phenolic OH excluding ortho intramolecular Hbond substituents is 1. The molecule has 3 aromatic carbocycles. The molecule has 0 aliphatic carbocycles. The quantitative estimate of drug-likeness (QED) is 0.209. The molecular weight excluding hydrogens is 467 g/mol. The van der Waals surface area contributed by atoms with Crippen LogP contribution in [0.3, 0.4) is 0 Å². The Balaban J connectivity index is 1.89. The van der Waals surface area contributed by atoms with E-state index in [0.717, 1.165) is 25.7 Å². The van der Waals surface area contributed by atoms with Crippen molar-refractivity contribution in [1.82, 2.24) is 0 Å². The molecular formula is C32H35FO4. The van der Waals surface area contributed by atoms with Gasteiger partial charge in [-0.3, -0.25) is 9.59 Å². The molecule has 0 radical (unpaired) electrons. The highest BCUT2D eigenvalue weighted by Gasteiger charge is 2.18. The van der Waals surface area contributed by atoms with Gasteiger partial charge >= 0.3 is 0 Å². The Bertz CT molecular complexity index is 1270. The van der Waals surface area contributed by atoms with Gasteiger partial charge in [-0.15, -0.1) is 0 Å². The van der Waals surface area contributed by atoms with Crippen LogP contribution in [-0.4, -0.2) is 23.3 Å². The summed E-state index contributed by atoms with van der Waals surface area (Å²) in [4.78, 5) is 24.9. The molecule has 4 nitrogen and oxygen atoms in total. The Labute approximate surface area is 218 Å². The van der Waals surface area contributed by atoms with E-state index in [1.54, 1.807) is 25.1 Å². The third-order valence-electron chi connectivity index (χ3n) is 6.31. The minimum absolute atomic E-state index is 0.0279. The number of hydrogen-bond acceptors (Lipinski definition) is 4. The Kier molecular flexibility index (Phi) is 9.78. The SMILES string of the molecule is CCCc1ccc(OCC(C)=O)cc1CCC(C)C=C(C(=O)c1ccc(O)cc1)c1ccc(F)cc1C. The average molecular weight is 503 g/mol. The maximum absolute atomic E-state index is 13.8. The standard InChI is InChI=1S/C32H35FO4/c1-5-6-24-11-15-29(37-20-23(4)34)19-26(24)8-7-21(2)17-31(30-16-12-27(33)18-22(30)3)32(36)25-9-13-28(35)14-10-25/h9-19,21,35H,5-8,20H2,1-4H3. The van der Waals surface area contributed by atoms with Gasteiger partial charge in [0.1, 0.15) is 23.9 Å². The van der Waals surface area contributed by atoms with Crippen molar-refractivity contribution in [2.45, 2.75) is 53.4 Å². The fraction of sp³-hybridized carbons (Fsp3) is 0.312. The number of halogens is 1. The zero-order valence-electron chi connectivity index (χ0n) is 22.0. The number of allylic oxidation sites excluding steroid dienone is 2. The van der Waals surface area contributed by atoms with Gasteiger partial charge < -0.3 is 9.84 Å². The largest absolute Gasteiger partial charge is 0.508 e. The van der Waals surface area contributed by atoms with E-state index in [1.807, 2.05) is 18.2 Å². The molecule has 0 bridgehead atoms. The molecule has 1 N–H and O–H groups in total. The van der Waals surface area contributed by atoms with Crippen molar-refractivity contribution in [3.8, 4) is 11.5 Å². The van der Waals surface area contributed by atoms with Crippen LogP contribution in [0, 0.1) is 18.7 Å². The van der Waals surface area contributed by atoms with Crippen LogP contribution in [-0.2, 0) is 17.6 Å². The van der Waals surface area contributed by atoms with E-state index in [1.165, 1.54) is 42.3 Å². The highest BCUT2D eigenvalue weighted by molar-refractivity contribution is 6.29. The predicted molar refractivity (Wildman–Crippen MR) is 146 cm³/mol. The molecule has 1 unspecified atom stereocenters. The van der Waals surface area contributed by atoms with Gasteiger partial charge in [0.15, 0.2) is 11.6 Å². The summed E-state index contributed by atoms with van der Waals surface area (Å²) in [7, 11) is 0. The molecule has 5 heteroatoms. The van der Waals surface area contributed by atoms with Crippen molar-refractivity contribution in [2.24, 2.45) is 5.92 Å². The first-order chi connectivity index (χ1) is 17.7. The predicted octanol–water partition coefficient (Wildman–Crippen LogP) is 7.30. The molecule has 0 heterocycles. The Morgan fingerprint density at radius 1 is 1.00 bits per heavy atom. The Morgan fingerprint density at radius 3 is 2.38 bits per heavy atom. The number of aryl methyl sites for hydroxylation is 3. The van der Waals surface area contributed by atoms with Crippen LogP contribution < -0.4 is 4.74 Å². The van der Waals surface area contributed by atoms with Crippen LogP contribution in [0.5, 0.6) is 11.5 Å².